The van der Waals surface area contributed by atoms with Crippen molar-refractivity contribution in [2.45, 2.75) is 5.75 Å². The van der Waals surface area contributed by atoms with Crippen LogP contribution in [0.15, 0.2) is 28.8 Å². The average molecular weight is 196 g/mol. The number of benzene rings is 1. The maximum absolute atomic E-state index is 10.4. The summed E-state index contributed by atoms with van der Waals surface area (Å²) < 4.78 is 25.8. The smallest absolute Gasteiger partial charge is 0.167 e. The Morgan fingerprint density at radius 3 is 3.00 bits per heavy atom. The van der Waals surface area contributed by atoms with E-state index in [0.717, 1.165) is 5.39 Å². The molecule has 1 atom stereocenters. The molecule has 1 heterocycles. The van der Waals surface area contributed by atoms with E-state index in [1.165, 1.54) is 0 Å². The van der Waals surface area contributed by atoms with Gasteiger partial charge < -0.3 is 9.08 Å². The zero-order chi connectivity index (χ0) is 9.26. The van der Waals surface area contributed by atoms with Crippen molar-refractivity contribution in [3.8, 4) is 0 Å². The molecule has 2 aromatic rings. The van der Waals surface area contributed by atoms with Crippen LogP contribution in [-0.2, 0) is 16.8 Å². The molecule has 0 bridgehead atoms. The summed E-state index contributed by atoms with van der Waals surface area (Å²) in [4.78, 5) is 0. The van der Waals surface area contributed by atoms with Gasteiger partial charge in [-0.3, -0.25) is 4.21 Å². The molecule has 0 saturated carbocycles. The van der Waals surface area contributed by atoms with Crippen LogP contribution in [0.1, 0.15) is 5.69 Å². The summed E-state index contributed by atoms with van der Waals surface area (Å²) in [5.41, 5.74) is 1.08. The van der Waals surface area contributed by atoms with Gasteiger partial charge in [-0.2, -0.15) is 0 Å². The summed E-state index contributed by atoms with van der Waals surface area (Å²) in [6.07, 6.45) is 0. The molecule has 0 aliphatic rings. The quantitative estimate of drug-likeness (QED) is 0.677. The van der Waals surface area contributed by atoms with Crippen molar-refractivity contribution in [3.63, 3.8) is 0 Å². The van der Waals surface area contributed by atoms with Crippen LogP contribution >= 0.6 is 0 Å². The van der Waals surface area contributed by atoms with Crippen LogP contribution in [0.25, 0.3) is 11.0 Å². The lowest BCUT2D eigenvalue weighted by Crippen LogP contribution is -1.93. The van der Waals surface area contributed by atoms with Gasteiger partial charge in [-0.1, -0.05) is 17.3 Å². The fourth-order valence-electron chi connectivity index (χ4n) is 1.15. The lowest BCUT2D eigenvalue weighted by Gasteiger charge is -1.99. The Balaban J connectivity index is 2.51. The van der Waals surface area contributed by atoms with Crippen LogP contribution in [0.5, 0.6) is 0 Å². The molecular formula is C8H6NO3S-. The number of hydrogen-bond acceptors (Lipinski definition) is 4. The summed E-state index contributed by atoms with van der Waals surface area (Å²) >= 11 is -2.12. The summed E-state index contributed by atoms with van der Waals surface area (Å²) in [5.74, 6) is -0.100. The standard InChI is InChI=1S/C8H7NO3S/c10-13(11)5-7-6-3-1-2-4-8(6)12-9-7/h1-4H,5H2,(H,10,11)/p-1. The number of rotatable bonds is 2. The zero-order valence-electron chi connectivity index (χ0n) is 6.60. The highest BCUT2D eigenvalue weighted by Crippen LogP contribution is 2.18. The molecule has 0 aliphatic carbocycles. The second-order valence-corrected chi connectivity index (χ2v) is 3.47. The first-order chi connectivity index (χ1) is 6.27. The van der Waals surface area contributed by atoms with E-state index in [-0.39, 0.29) is 5.75 Å². The molecular weight excluding hydrogens is 190 g/mol. The van der Waals surface area contributed by atoms with E-state index in [0.29, 0.717) is 11.3 Å². The third kappa shape index (κ3) is 1.61. The Morgan fingerprint density at radius 2 is 2.23 bits per heavy atom. The molecule has 0 aliphatic heterocycles. The van der Waals surface area contributed by atoms with E-state index >= 15 is 0 Å². The second kappa shape index (κ2) is 3.27. The van der Waals surface area contributed by atoms with Gasteiger partial charge in [0, 0.05) is 5.39 Å². The number of hydrogen-bond donors (Lipinski definition) is 0. The van der Waals surface area contributed by atoms with Crippen molar-refractivity contribution in [1.82, 2.24) is 5.16 Å². The van der Waals surface area contributed by atoms with Gasteiger partial charge in [0.1, 0.15) is 5.69 Å². The van der Waals surface area contributed by atoms with Crippen molar-refractivity contribution >= 4 is 22.0 Å². The maximum Gasteiger partial charge on any atom is 0.167 e. The third-order valence-electron chi connectivity index (χ3n) is 1.71. The largest absolute Gasteiger partial charge is 0.772 e. The molecule has 0 saturated heterocycles. The molecule has 2 rings (SSSR count). The third-order valence-corrected chi connectivity index (χ3v) is 2.22. The molecule has 0 fully saturated rings. The Morgan fingerprint density at radius 1 is 1.46 bits per heavy atom. The van der Waals surface area contributed by atoms with Crippen molar-refractivity contribution in [2.75, 3.05) is 0 Å². The predicted molar refractivity (Wildman–Crippen MR) is 46.6 cm³/mol. The number of para-hydroxylation sites is 1. The first kappa shape index (κ1) is 8.40. The van der Waals surface area contributed by atoms with Gasteiger partial charge in [0.15, 0.2) is 5.58 Å². The van der Waals surface area contributed by atoms with Gasteiger partial charge in [-0.15, -0.1) is 0 Å². The fraction of sp³-hybridized carbons (Fsp3) is 0.125. The number of nitrogens with zero attached hydrogens (tertiary/aromatic N) is 1. The first-order valence-corrected chi connectivity index (χ1v) is 4.91. The minimum atomic E-state index is -2.12. The van der Waals surface area contributed by atoms with Crippen LogP contribution in [0, 0.1) is 0 Å². The molecule has 1 aromatic heterocycles. The minimum Gasteiger partial charge on any atom is -0.772 e. The molecule has 0 amide bonds. The molecule has 0 N–H and O–H groups in total. The minimum absolute atomic E-state index is 0.100. The van der Waals surface area contributed by atoms with Crippen molar-refractivity contribution in [3.05, 3.63) is 30.0 Å². The summed E-state index contributed by atoms with van der Waals surface area (Å²) in [6.45, 7) is 0. The van der Waals surface area contributed by atoms with E-state index in [9.17, 15) is 8.76 Å². The van der Waals surface area contributed by atoms with Crippen molar-refractivity contribution in [1.29, 1.82) is 0 Å². The molecule has 1 unspecified atom stereocenters. The average Bonchev–Trinajstić information content (AvgIpc) is 2.48. The lowest BCUT2D eigenvalue weighted by molar-refractivity contribution is 0.447. The van der Waals surface area contributed by atoms with Gasteiger partial charge in [0.05, 0.1) is 5.75 Å². The van der Waals surface area contributed by atoms with Gasteiger partial charge in [0.25, 0.3) is 0 Å². The highest BCUT2D eigenvalue weighted by Gasteiger charge is 2.06. The Bertz CT molecular complexity index is 451. The highest BCUT2D eigenvalue weighted by atomic mass is 32.2. The van der Waals surface area contributed by atoms with Crippen molar-refractivity contribution < 1.29 is 13.3 Å². The molecule has 5 heteroatoms. The zero-order valence-corrected chi connectivity index (χ0v) is 7.41. The van der Waals surface area contributed by atoms with Gasteiger partial charge in [-0.25, -0.2) is 0 Å². The normalized spacial score (nSPS) is 13.3. The highest BCUT2D eigenvalue weighted by molar-refractivity contribution is 7.78. The van der Waals surface area contributed by atoms with Crippen molar-refractivity contribution in [2.24, 2.45) is 0 Å². The van der Waals surface area contributed by atoms with Crippen LogP contribution in [-0.4, -0.2) is 13.9 Å². The molecule has 4 nitrogen and oxygen atoms in total. The van der Waals surface area contributed by atoms with E-state index in [1.54, 1.807) is 12.1 Å². The topological polar surface area (TPSA) is 66.2 Å². The van der Waals surface area contributed by atoms with Gasteiger partial charge in [-0.05, 0) is 23.2 Å². The van der Waals surface area contributed by atoms with Crippen LogP contribution in [0.4, 0.5) is 0 Å². The summed E-state index contributed by atoms with van der Waals surface area (Å²) in [7, 11) is 0. The van der Waals surface area contributed by atoms with E-state index < -0.39 is 11.1 Å². The molecule has 13 heavy (non-hydrogen) atoms. The molecule has 68 valence electrons. The molecule has 1 aromatic carbocycles. The van der Waals surface area contributed by atoms with Crippen LogP contribution in [0.3, 0.4) is 0 Å². The summed E-state index contributed by atoms with van der Waals surface area (Å²) in [5, 5.41) is 4.42. The monoisotopic (exact) mass is 196 g/mol. The molecule has 0 spiro atoms. The van der Waals surface area contributed by atoms with Crippen LogP contribution in [0.2, 0.25) is 0 Å². The Labute approximate surface area is 76.8 Å². The van der Waals surface area contributed by atoms with Crippen LogP contribution < -0.4 is 0 Å². The fourth-order valence-corrected chi connectivity index (χ4v) is 1.59. The predicted octanol–water partition coefficient (Wildman–Crippen LogP) is 1.21. The second-order valence-electron chi connectivity index (χ2n) is 2.57. The number of fused-ring (bicyclic) bond motifs is 1. The lowest BCUT2D eigenvalue weighted by atomic mass is 10.2. The van der Waals surface area contributed by atoms with E-state index in [2.05, 4.69) is 5.16 Å². The number of aromatic nitrogens is 1. The van der Waals surface area contributed by atoms with E-state index in [4.69, 9.17) is 4.52 Å². The van der Waals surface area contributed by atoms with Gasteiger partial charge >= 0.3 is 0 Å². The Hall–Kier alpha value is -1.20. The summed E-state index contributed by atoms with van der Waals surface area (Å²) in [6, 6.07) is 7.16. The first-order valence-electron chi connectivity index (χ1n) is 3.66. The van der Waals surface area contributed by atoms with E-state index in [1.807, 2.05) is 12.1 Å². The SMILES string of the molecule is O=S([O-])Cc1noc2ccccc12. The molecule has 0 radical (unpaired) electrons. The van der Waals surface area contributed by atoms with Gasteiger partial charge in [0.2, 0.25) is 0 Å². The maximum atomic E-state index is 10.4. The Kier molecular flexibility index (Phi) is 2.12.